The highest BCUT2D eigenvalue weighted by Gasteiger charge is 2.30. The number of fused-ring (bicyclic) bond motifs is 2. The number of anilines is 2. The van der Waals surface area contributed by atoms with Gasteiger partial charge < -0.3 is 4.90 Å². The Bertz CT molecular complexity index is 1290. The van der Waals surface area contributed by atoms with Crippen LogP contribution in [0.3, 0.4) is 0 Å². The van der Waals surface area contributed by atoms with Crippen molar-refractivity contribution in [2.24, 2.45) is 0 Å². The second-order valence-electron chi connectivity index (χ2n) is 7.46. The Hall–Kier alpha value is -3.88. The Balaban J connectivity index is 1.57. The summed E-state index contributed by atoms with van der Waals surface area (Å²) in [5.41, 5.74) is 2.12. The maximum Gasteiger partial charge on any atom is 0.299 e. The Kier molecular flexibility index (Phi) is 4.58. The van der Waals surface area contributed by atoms with Gasteiger partial charge in [-0.05, 0) is 49.7 Å². The molecular formula is C22H20FN7O. The minimum Gasteiger partial charge on any atom is -0.357 e. The molecule has 0 saturated carbocycles. The molecule has 8 nitrogen and oxygen atoms in total. The fourth-order valence-electron chi connectivity index (χ4n) is 3.72. The van der Waals surface area contributed by atoms with E-state index in [1.165, 1.54) is 16.8 Å². The van der Waals surface area contributed by atoms with E-state index in [1.807, 2.05) is 36.2 Å². The molecule has 0 fully saturated rings. The number of hydrogen-bond donors (Lipinski definition) is 0. The molecule has 1 amide bonds. The normalized spacial score (nSPS) is 13.9. The highest BCUT2D eigenvalue weighted by molar-refractivity contribution is 6.05. The lowest BCUT2D eigenvalue weighted by molar-refractivity contribution is 0.0976. The van der Waals surface area contributed by atoms with Gasteiger partial charge in [0, 0.05) is 20.1 Å². The van der Waals surface area contributed by atoms with Gasteiger partial charge in [0.25, 0.3) is 5.91 Å². The van der Waals surface area contributed by atoms with Gasteiger partial charge >= 0.3 is 0 Å². The molecule has 2 aromatic heterocycles. The number of amides is 1. The Labute approximate surface area is 178 Å². The summed E-state index contributed by atoms with van der Waals surface area (Å²) in [4.78, 5) is 30.9. The van der Waals surface area contributed by atoms with E-state index >= 15 is 0 Å². The number of rotatable bonds is 2. The third kappa shape index (κ3) is 3.37. The molecule has 0 aliphatic carbocycles. The molecule has 0 unspecified atom stereocenters. The second kappa shape index (κ2) is 7.42. The van der Waals surface area contributed by atoms with Crippen molar-refractivity contribution in [1.82, 2.24) is 24.7 Å². The average molecular weight is 417 g/mol. The molecule has 3 heterocycles. The van der Waals surface area contributed by atoms with E-state index < -0.39 is 0 Å². The summed E-state index contributed by atoms with van der Waals surface area (Å²) >= 11 is 0. The van der Waals surface area contributed by atoms with Crippen molar-refractivity contribution in [3.05, 3.63) is 66.0 Å². The van der Waals surface area contributed by atoms with Crippen LogP contribution in [0.5, 0.6) is 0 Å². The summed E-state index contributed by atoms with van der Waals surface area (Å²) in [5.74, 6) is 1.07. The first-order valence-electron chi connectivity index (χ1n) is 10.0. The highest BCUT2D eigenvalue weighted by atomic mass is 19.1. The first-order chi connectivity index (χ1) is 15.0. The molecule has 0 spiro atoms. The Morgan fingerprint density at radius 3 is 2.32 bits per heavy atom. The fourth-order valence-corrected chi connectivity index (χ4v) is 3.72. The number of halogens is 1. The monoisotopic (exact) mass is 417 g/mol. The van der Waals surface area contributed by atoms with Crippen molar-refractivity contribution in [3.8, 4) is 5.69 Å². The summed E-state index contributed by atoms with van der Waals surface area (Å²) in [6.07, 6.45) is 0.758. The smallest absolute Gasteiger partial charge is 0.299 e. The van der Waals surface area contributed by atoms with E-state index in [1.54, 1.807) is 24.0 Å². The first kappa shape index (κ1) is 19.1. The van der Waals surface area contributed by atoms with Gasteiger partial charge in [0.1, 0.15) is 11.6 Å². The number of aryl methyl sites for hydroxylation is 1. The lowest BCUT2D eigenvalue weighted by atomic mass is 10.3. The van der Waals surface area contributed by atoms with Gasteiger partial charge in [-0.2, -0.15) is 0 Å². The van der Waals surface area contributed by atoms with E-state index in [0.717, 1.165) is 24.0 Å². The van der Waals surface area contributed by atoms with Gasteiger partial charge in [0.05, 0.1) is 16.7 Å². The van der Waals surface area contributed by atoms with Crippen LogP contribution in [0.2, 0.25) is 0 Å². The Morgan fingerprint density at radius 1 is 0.935 bits per heavy atom. The average Bonchev–Trinajstić information content (AvgIpc) is 3.09. The van der Waals surface area contributed by atoms with Crippen molar-refractivity contribution >= 4 is 28.6 Å². The molecule has 0 atom stereocenters. The van der Waals surface area contributed by atoms with E-state index in [0.29, 0.717) is 29.7 Å². The van der Waals surface area contributed by atoms with Gasteiger partial charge in [0.2, 0.25) is 5.82 Å². The van der Waals surface area contributed by atoms with Crippen LogP contribution in [-0.2, 0) is 0 Å². The number of nitrogens with zero attached hydrogens (tertiary/aromatic N) is 7. The van der Waals surface area contributed by atoms with Crippen LogP contribution in [0, 0.1) is 12.7 Å². The zero-order valence-electron chi connectivity index (χ0n) is 17.2. The number of para-hydroxylation sites is 2. The van der Waals surface area contributed by atoms with E-state index in [2.05, 4.69) is 10.1 Å². The zero-order chi connectivity index (χ0) is 21.5. The molecule has 4 aromatic rings. The lowest BCUT2D eigenvalue weighted by Gasteiger charge is -2.21. The molecule has 5 rings (SSSR count). The predicted octanol–water partition coefficient (Wildman–Crippen LogP) is 3.14. The summed E-state index contributed by atoms with van der Waals surface area (Å²) in [6, 6.07) is 13.5. The molecule has 1 aliphatic heterocycles. The zero-order valence-corrected chi connectivity index (χ0v) is 17.2. The SMILES string of the molecule is Cc1nc(C(=O)N2CCCN(C)c3nc4ccccc4nc32)nn1-c1ccc(F)cc1. The van der Waals surface area contributed by atoms with E-state index in [4.69, 9.17) is 9.97 Å². The molecular weight excluding hydrogens is 397 g/mol. The van der Waals surface area contributed by atoms with Gasteiger partial charge in [-0.3, -0.25) is 9.69 Å². The predicted molar refractivity (Wildman–Crippen MR) is 115 cm³/mol. The second-order valence-corrected chi connectivity index (χ2v) is 7.46. The third-order valence-corrected chi connectivity index (χ3v) is 5.30. The molecule has 2 aromatic carbocycles. The molecule has 31 heavy (non-hydrogen) atoms. The van der Waals surface area contributed by atoms with Crippen molar-refractivity contribution in [2.75, 3.05) is 29.9 Å². The molecule has 0 saturated heterocycles. The van der Waals surface area contributed by atoms with Crippen LogP contribution < -0.4 is 9.80 Å². The number of benzene rings is 2. The van der Waals surface area contributed by atoms with Crippen molar-refractivity contribution in [2.45, 2.75) is 13.3 Å². The summed E-state index contributed by atoms with van der Waals surface area (Å²) in [5, 5.41) is 4.40. The van der Waals surface area contributed by atoms with Gasteiger partial charge in [-0.15, -0.1) is 5.10 Å². The number of aromatic nitrogens is 5. The molecule has 0 radical (unpaired) electrons. The summed E-state index contributed by atoms with van der Waals surface area (Å²) in [7, 11) is 1.95. The standard InChI is InChI=1S/C22H20FN7O/c1-14-24-19(27-30(14)16-10-8-15(23)9-11-16)22(31)29-13-5-12-28(2)20-21(29)26-18-7-4-3-6-17(18)25-20/h3-4,6-11H,5,12-13H2,1-2H3. The summed E-state index contributed by atoms with van der Waals surface area (Å²) in [6.45, 7) is 2.98. The maximum absolute atomic E-state index is 13.5. The minimum atomic E-state index is -0.343. The van der Waals surface area contributed by atoms with Gasteiger partial charge in [0.15, 0.2) is 11.6 Å². The lowest BCUT2D eigenvalue weighted by Crippen LogP contribution is -2.33. The van der Waals surface area contributed by atoms with Gasteiger partial charge in [-0.25, -0.2) is 24.0 Å². The van der Waals surface area contributed by atoms with Crippen LogP contribution in [0.25, 0.3) is 16.7 Å². The molecule has 9 heteroatoms. The van der Waals surface area contributed by atoms with Crippen molar-refractivity contribution in [1.29, 1.82) is 0 Å². The van der Waals surface area contributed by atoms with Crippen LogP contribution in [0.15, 0.2) is 48.5 Å². The largest absolute Gasteiger partial charge is 0.357 e. The number of hydrogen-bond acceptors (Lipinski definition) is 6. The quantitative estimate of drug-likeness (QED) is 0.499. The van der Waals surface area contributed by atoms with Crippen LogP contribution >= 0.6 is 0 Å². The molecule has 156 valence electrons. The van der Waals surface area contributed by atoms with Crippen LogP contribution in [-0.4, -0.2) is 50.8 Å². The fraction of sp³-hybridized carbons (Fsp3) is 0.227. The molecule has 0 N–H and O–H groups in total. The van der Waals surface area contributed by atoms with E-state index in [9.17, 15) is 9.18 Å². The molecule has 0 bridgehead atoms. The maximum atomic E-state index is 13.5. The van der Waals surface area contributed by atoms with Gasteiger partial charge in [-0.1, -0.05) is 12.1 Å². The minimum absolute atomic E-state index is 0.0623. The van der Waals surface area contributed by atoms with Crippen LogP contribution in [0.4, 0.5) is 16.0 Å². The van der Waals surface area contributed by atoms with Crippen LogP contribution in [0.1, 0.15) is 22.9 Å². The Morgan fingerprint density at radius 2 is 1.61 bits per heavy atom. The van der Waals surface area contributed by atoms with Crippen molar-refractivity contribution < 1.29 is 9.18 Å². The highest BCUT2D eigenvalue weighted by Crippen LogP contribution is 2.31. The summed E-state index contributed by atoms with van der Waals surface area (Å²) < 4.78 is 14.8. The first-order valence-corrected chi connectivity index (χ1v) is 10.0. The van der Waals surface area contributed by atoms with Crippen molar-refractivity contribution in [3.63, 3.8) is 0 Å². The molecule has 1 aliphatic rings. The topological polar surface area (TPSA) is 80.0 Å². The number of carbonyl (C=O) groups is 1. The number of carbonyl (C=O) groups excluding carboxylic acids is 1. The third-order valence-electron chi connectivity index (χ3n) is 5.30. The van der Waals surface area contributed by atoms with E-state index in [-0.39, 0.29) is 17.5 Å².